The van der Waals surface area contributed by atoms with Gasteiger partial charge < -0.3 is 15.4 Å². The second-order valence-electron chi connectivity index (χ2n) is 4.53. The molecule has 0 saturated heterocycles. The van der Waals surface area contributed by atoms with Crippen LogP contribution in [0.5, 0.6) is 5.75 Å². The van der Waals surface area contributed by atoms with E-state index in [1.54, 1.807) is 0 Å². The number of nitrogens with two attached hydrogens (primary N) is 1. The molecule has 0 heterocycles. The van der Waals surface area contributed by atoms with Gasteiger partial charge in [-0.25, -0.2) is 0 Å². The topological polar surface area (TPSA) is 38.5 Å². The van der Waals surface area contributed by atoms with Crippen LogP contribution in [0.25, 0.3) is 0 Å². The third-order valence-electron chi connectivity index (χ3n) is 2.97. The molecule has 21 heavy (non-hydrogen) atoms. The van der Waals surface area contributed by atoms with Crippen LogP contribution in [0, 0.1) is 0 Å². The summed E-state index contributed by atoms with van der Waals surface area (Å²) < 4.78 is 5.52. The van der Waals surface area contributed by atoms with Gasteiger partial charge in [0.25, 0.3) is 0 Å². The van der Waals surface area contributed by atoms with Crippen molar-refractivity contribution in [2.45, 2.75) is 13.5 Å². The Morgan fingerprint density at radius 2 is 1.71 bits per heavy atom. The van der Waals surface area contributed by atoms with Gasteiger partial charge in [-0.15, -0.1) is 24.8 Å². The van der Waals surface area contributed by atoms with Crippen molar-refractivity contribution in [1.29, 1.82) is 0 Å². The Labute approximate surface area is 138 Å². The third kappa shape index (κ3) is 5.74. The van der Waals surface area contributed by atoms with Crippen molar-refractivity contribution in [3.05, 3.63) is 54.1 Å². The molecule has 2 rings (SSSR count). The van der Waals surface area contributed by atoms with Gasteiger partial charge in [-0.3, -0.25) is 0 Å². The number of nitrogens with zero attached hydrogens (tertiary/aromatic N) is 1. The minimum atomic E-state index is 0. The van der Waals surface area contributed by atoms with Crippen molar-refractivity contribution in [2.75, 3.05) is 24.3 Å². The van der Waals surface area contributed by atoms with Crippen molar-refractivity contribution in [1.82, 2.24) is 0 Å². The molecule has 116 valence electrons. The third-order valence-corrected chi connectivity index (χ3v) is 2.97. The van der Waals surface area contributed by atoms with Crippen LogP contribution in [0.3, 0.4) is 0 Å². The molecule has 0 spiro atoms. The Kier molecular flexibility index (Phi) is 8.67. The smallest absolute Gasteiger partial charge is 0.121 e. The molecule has 2 aromatic rings. The molecule has 0 saturated carbocycles. The summed E-state index contributed by atoms with van der Waals surface area (Å²) in [6.07, 6.45) is 0. The van der Waals surface area contributed by atoms with E-state index < -0.39 is 0 Å². The molecular formula is C16H22Cl2N2O. The first-order valence-corrected chi connectivity index (χ1v) is 6.47. The molecular weight excluding hydrogens is 307 g/mol. The number of benzene rings is 2. The maximum atomic E-state index is 5.69. The van der Waals surface area contributed by atoms with Gasteiger partial charge in [-0.2, -0.15) is 0 Å². The van der Waals surface area contributed by atoms with Crippen molar-refractivity contribution in [3.8, 4) is 5.75 Å². The van der Waals surface area contributed by atoms with E-state index in [1.807, 2.05) is 31.2 Å². The number of rotatable bonds is 5. The molecule has 5 heteroatoms. The fraction of sp³-hybridized carbons (Fsp3) is 0.250. The quantitative estimate of drug-likeness (QED) is 0.838. The van der Waals surface area contributed by atoms with Crippen molar-refractivity contribution in [2.24, 2.45) is 0 Å². The van der Waals surface area contributed by atoms with E-state index in [0.717, 1.165) is 23.7 Å². The first-order valence-electron chi connectivity index (χ1n) is 6.47. The summed E-state index contributed by atoms with van der Waals surface area (Å²) in [4.78, 5) is 2.19. The predicted octanol–water partition coefficient (Wildman–Crippen LogP) is 4.15. The number of ether oxygens (including phenoxy) is 1. The average Bonchev–Trinajstić information content (AvgIpc) is 2.42. The summed E-state index contributed by atoms with van der Waals surface area (Å²) >= 11 is 0. The highest BCUT2D eigenvalue weighted by Crippen LogP contribution is 2.21. The van der Waals surface area contributed by atoms with E-state index >= 15 is 0 Å². The minimum absolute atomic E-state index is 0. The molecule has 0 fully saturated rings. The molecule has 0 unspecified atom stereocenters. The summed E-state index contributed by atoms with van der Waals surface area (Å²) in [7, 11) is 2.07. The summed E-state index contributed by atoms with van der Waals surface area (Å²) in [6, 6.07) is 16.1. The maximum absolute atomic E-state index is 5.69. The SMILES string of the molecule is CCOc1cccc(N(C)Cc2ccc(N)cc2)c1.Cl.Cl. The fourth-order valence-corrected chi connectivity index (χ4v) is 1.97. The van der Waals surface area contributed by atoms with Gasteiger partial charge in [0.2, 0.25) is 0 Å². The molecule has 0 aliphatic rings. The van der Waals surface area contributed by atoms with Crippen LogP contribution < -0.4 is 15.4 Å². The van der Waals surface area contributed by atoms with Crippen LogP contribution in [-0.2, 0) is 6.54 Å². The van der Waals surface area contributed by atoms with Crippen molar-refractivity contribution in [3.63, 3.8) is 0 Å². The molecule has 3 nitrogen and oxygen atoms in total. The predicted molar refractivity (Wildman–Crippen MR) is 95.1 cm³/mol. The number of hydrogen-bond donors (Lipinski definition) is 1. The lowest BCUT2D eigenvalue weighted by atomic mass is 10.2. The van der Waals surface area contributed by atoms with Gasteiger partial charge in [0.05, 0.1) is 6.61 Å². The van der Waals surface area contributed by atoms with E-state index in [1.165, 1.54) is 5.56 Å². The van der Waals surface area contributed by atoms with Crippen LogP contribution in [0.4, 0.5) is 11.4 Å². The monoisotopic (exact) mass is 328 g/mol. The Hall–Kier alpha value is -1.58. The zero-order valence-electron chi connectivity index (χ0n) is 12.3. The van der Waals surface area contributed by atoms with Crippen LogP contribution >= 0.6 is 24.8 Å². The Balaban J connectivity index is 0.00000200. The Bertz CT molecular complexity index is 532. The zero-order chi connectivity index (χ0) is 13.7. The summed E-state index contributed by atoms with van der Waals surface area (Å²) in [5.74, 6) is 0.907. The molecule has 0 aliphatic carbocycles. The average molecular weight is 329 g/mol. The summed E-state index contributed by atoms with van der Waals surface area (Å²) in [6.45, 7) is 3.52. The van der Waals surface area contributed by atoms with Crippen molar-refractivity contribution < 1.29 is 4.74 Å². The van der Waals surface area contributed by atoms with Crippen LogP contribution in [0.2, 0.25) is 0 Å². The normalized spacial score (nSPS) is 9.24. The van der Waals surface area contributed by atoms with Gasteiger partial charge in [0, 0.05) is 31.0 Å². The van der Waals surface area contributed by atoms with E-state index in [-0.39, 0.29) is 24.8 Å². The number of hydrogen-bond acceptors (Lipinski definition) is 3. The molecule has 0 bridgehead atoms. The summed E-state index contributed by atoms with van der Waals surface area (Å²) in [5, 5.41) is 0. The van der Waals surface area contributed by atoms with Gasteiger partial charge >= 0.3 is 0 Å². The standard InChI is InChI=1S/C16H20N2O.2ClH/c1-3-19-16-6-4-5-15(11-16)18(2)12-13-7-9-14(17)10-8-13;;/h4-11H,3,12,17H2,1-2H3;2*1H. The van der Waals surface area contributed by atoms with E-state index in [2.05, 4.69) is 36.2 Å². The molecule has 2 N–H and O–H groups in total. The number of nitrogen functional groups attached to an aromatic ring is 1. The van der Waals surface area contributed by atoms with Crippen LogP contribution in [0.15, 0.2) is 48.5 Å². The van der Waals surface area contributed by atoms with Gasteiger partial charge in [-0.05, 0) is 36.8 Å². The van der Waals surface area contributed by atoms with Crippen LogP contribution in [0.1, 0.15) is 12.5 Å². The molecule has 0 amide bonds. The molecule has 0 radical (unpaired) electrons. The van der Waals surface area contributed by atoms with E-state index in [4.69, 9.17) is 10.5 Å². The fourth-order valence-electron chi connectivity index (χ4n) is 1.97. The number of anilines is 2. The first-order chi connectivity index (χ1) is 9.19. The lowest BCUT2D eigenvalue weighted by molar-refractivity contribution is 0.340. The highest BCUT2D eigenvalue weighted by atomic mass is 35.5. The maximum Gasteiger partial charge on any atom is 0.121 e. The lowest BCUT2D eigenvalue weighted by Crippen LogP contribution is -2.16. The molecule has 0 aliphatic heterocycles. The zero-order valence-corrected chi connectivity index (χ0v) is 13.9. The van der Waals surface area contributed by atoms with E-state index in [0.29, 0.717) is 6.61 Å². The van der Waals surface area contributed by atoms with Crippen molar-refractivity contribution >= 4 is 36.2 Å². The van der Waals surface area contributed by atoms with Gasteiger partial charge in [0.15, 0.2) is 0 Å². The largest absolute Gasteiger partial charge is 0.494 e. The Morgan fingerprint density at radius 3 is 2.33 bits per heavy atom. The second-order valence-corrected chi connectivity index (χ2v) is 4.53. The molecule has 2 aromatic carbocycles. The highest BCUT2D eigenvalue weighted by molar-refractivity contribution is 5.85. The van der Waals surface area contributed by atoms with Gasteiger partial charge in [-0.1, -0.05) is 18.2 Å². The Morgan fingerprint density at radius 1 is 1.05 bits per heavy atom. The van der Waals surface area contributed by atoms with Gasteiger partial charge in [0.1, 0.15) is 5.75 Å². The molecule has 0 atom stereocenters. The first kappa shape index (κ1) is 19.4. The highest BCUT2D eigenvalue weighted by Gasteiger charge is 2.03. The second kappa shape index (κ2) is 9.37. The summed E-state index contributed by atoms with van der Waals surface area (Å²) in [5.41, 5.74) is 8.86. The lowest BCUT2D eigenvalue weighted by Gasteiger charge is -2.20. The minimum Gasteiger partial charge on any atom is -0.494 e. The van der Waals surface area contributed by atoms with Crippen LogP contribution in [-0.4, -0.2) is 13.7 Å². The molecule has 0 aromatic heterocycles. The number of halogens is 2. The van der Waals surface area contributed by atoms with E-state index in [9.17, 15) is 0 Å².